The molecule has 8 nitrogen and oxygen atoms in total. The van der Waals surface area contributed by atoms with E-state index in [0.717, 1.165) is 6.07 Å². The van der Waals surface area contributed by atoms with Crippen LogP contribution in [0, 0.1) is 17.0 Å². The topological polar surface area (TPSA) is 118 Å². The molecule has 2 N–H and O–H groups in total. The lowest BCUT2D eigenvalue weighted by Gasteiger charge is -1.98. The maximum Gasteiger partial charge on any atom is 0.311 e. The maximum absolute atomic E-state index is 11.6. The number of rotatable bonds is 4. The summed E-state index contributed by atoms with van der Waals surface area (Å²) < 4.78 is 5.11. The largest absolute Gasteiger partial charge is 0.502 e. The number of benzene rings is 1. The van der Waals surface area contributed by atoms with Gasteiger partial charge in [0.15, 0.2) is 11.5 Å². The summed E-state index contributed by atoms with van der Waals surface area (Å²) in [7, 11) is 0. The summed E-state index contributed by atoms with van der Waals surface area (Å²) in [5.74, 6) is -0.264. The summed E-state index contributed by atoms with van der Waals surface area (Å²) in [4.78, 5) is 21.6. The number of nitro benzene ring substituents is 1. The zero-order chi connectivity index (χ0) is 15.4. The van der Waals surface area contributed by atoms with E-state index in [9.17, 15) is 20.0 Å². The molecule has 8 heteroatoms. The number of carbonyl (C=O) groups excluding carboxylic acids is 1. The number of hydrogen-bond acceptors (Lipinski definition) is 6. The van der Waals surface area contributed by atoms with Crippen molar-refractivity contribution in [2.75, 3.05) is 0 Å². The first-order valence-corrected chi connectivity index (χ1v) is 5.84. The monoisotopic (exact) mass is 289 g/mol. The zero-order valence-electron chi connectivity index (χ0n) is 10.9. The Labute approximate surface area is 118 Å². The highest BCUT2D eigenvalue weighted by molar-refractivity contribution is 5.92. The first-order chi connectivity index (χ1) is 9.97. The zero-order valence-corrected chi connectivity index (χ0v) is 10.9. The molecule has 0 saturated heterocycles. The van der Waals surface area contributed by atoms with Gasteiger partial charge in [-0.2, -0.15) is 5.10 Å². The van der Waals surface area contributed by atoms with Crippen LogP contribution in [0.25, 0.3) is 0 Å². The molecule has 108 valence electrons. The van der Waals surface area contributed by atoms with E-state index in [1.807, 2.05) is 0 Å². The minimum absolute atomic E-state index is 0.112. The van der Waals surface area contributed by atoms with Crippen LogP contribution in [-0.2, 0) is 0 Å². The Hall–Kier alpha value is -3.16. The van der Waals surface area contributed by atoms with Gasteiger partial charge in [0.2, 0.25) is 0 Å². The fourth-order valence-corrected chi connectivity index (χ4v) is 1.54. The van der Waals surface area contributed by atoms with E-state index in [1.165, 1.54) is 24.4 Å². The highest BCUT2D eigenvalue weighted by Gasteiger charge is 2.13. The van der Waals surface area contributed by atoms with Crippen LogP contribution in [0.5, 0.6) is 5.75 Å². The molecule has 2 aromatic rings. The molecule has 0 aliphatic rings. The number of phenolic OH excluding ortho intramolecular Hbond substituents is 1. The molecule has 0 fully saturated rings. The molecule has 0 unspecified atom stereocenters. The maximum atomic E-state index is 11.6. The van der Waals surface area contributed by atoms with Crippen LogP contribution in [0.2, 0.25) is 0 Å². The summed E-state index contributed by atoms with van der Waals surface area (Å²) in [5, 5.41) is 23.6. The SMILES string of the molecule is Cc1ccc(C(=O)NN=Cc2ccc(O)c([N+](=O)[O-])c2)o1. The standard InChI is InChI=1S/C13H11N3O5/c1-8-2-5-12(21-8)13(18)15-14-7-9-3-4-11(17)10(6-9)16(19)20/h2-7,17H,1H3,(H,15,18). The third kappa shape index (κ3) is 3.44. The lowest BCUT2D eigenvalue weighted by Crippen LogP contribution is -2.16. The number of amides is 1. The van der Waals surface area contributed by atoms with Crippen molar-refractivity contribution in [3.63, 3.8) is 0 Å². The Morgan fingerprint density at radius 1 is 1.43 bits per heavy atom. The van der Waals surface area contributed by atoms with Crippen LogP contribution in [0.4, 0.5) is 5.69 Å². The second-order valence-electron chi connectivity index (χ2n) is 4.11. The van der Waals surface area contributed by atoms with Gasteiger partial charge >= 0.3 is 11.6 Å². The predicted octanol–water partition coefficient (Wildman–Crippen LogP) is 1.97. The van der Waals surface area contributed by atoms with Crippen molar-refractivity contribution in [3.8, 4) is 5.75 Å². The normalized spacial score (nSPS) is 10.7. The third-order valence-electron chi connectivity index (χ3n) is 2.54. The highest BCUT2D eigenvalue weighted by atomic mass is 16.6. The lowest BCUT2D eigenvalue weighted by atomic mass is 10.2. The predicted molar refractivity (Wildman–Crippen MR) is 73.3 cm³/mol. The number of hydrogen-bond donors (Lipinski definition) is 2. The van der Waals surface area contributed by atoms with Crippen LogP contribution in [0.3, 0.4) is 0 Å². The summed E-state index contributed by atoms with van der Waals surface area (Å²) in [5.41, 5.74) is 2.15. The Kier molecular flexibility index (Phi) is 3.98. The fourth-order valence-electron chi connectivity index (χ4n) is 1.54. The summed E-state index contributed by atoms with van der Waals surface area (Å²) in [6.45, 7) is 1.70. The molecular weight excluding hydrogens is 278 g/mol. The molecule has 0 bridgehead atoms. The average molecular weight is 289 g/mol. The number of nitro groups is 1. The Bertz CT molecular complexity index is 720. The molecule has 1 heterocycles. The van der Waals surface area contributed by atoms with E-state index >= 15 is 0 Å². The van der Waals surface area contributed by atoms with E-state index in [1.54, 1.807) is 13.0 Å². The van der Waals surface area contributed by atoms with Gasteiger partial charge in [0, 0.05) is 11.6 Å². The molecule has 0 spiro atoms. The smallest absolute Gasteiger partial charge is 0.311 e. The third-order valence-corrected chi connectivity index (χ3v) is 2.54. The van der Waals surface area contributed by atoms with Crippen molar-refractivity contribution in [2.24, 2.45) is 5.10 Å². The van der Waals surface area contributed by atoms with Crippen LogP contribution in [-0.4, -0.2) is 22.2 Å². The molecule has 0 radical (unpaired) electrons. The van der Waals surface area contributed by atoms with Crippen molar-refractivity contribution in [1.29, 1.82) is 0 Å². The number of nitrogens with zero attached hydrogens (tertiary/aromatic N) is 2. The Balaban J connectivity index is 2.06. The quantitative estimate of drug-likeness (QED) is 0.506. The van der Waals surface area contributed by atoms with Gasteiger partial charge in [-0.05, 0) is 31.2 Å². The van der Waals surface area contributed by atoms with Gasteiger partial charge in [-0.25, -0.2) is 5.43 Å². The van der Waals surface area contributed by atoms with Crippen LogP contribution >= 0.6 is 0 Å². The second kappa shape index (κ2) is 5.87. The first kappa shape index (κ1) is 14.3. The minimum Gasteiger partial charge on any atom is -0.502 e. The average Bonchev–Trinajstić information content (AvgIpc) is 2.87. The van der Waals surface area contributed by atoms with Gasteiger partial charge in [0.25, 0.3) is 0 Å². The molecule has 1 amide bonds. The van der Waals surface area contributed by atoms with Gasteiger partial charge in [-0.15, -0.1) is 0 Å². The minimum atomic E-state index is -0.711. The highest BCUT2D eigenvalue weighted by Crippen LogP contribution is 2.25. The number of nitrogens with one attached hydrogen (secondary N) is 1. The van der Waals surface area contributed by atoms with E-state index in [2.05, 4.69) is 10.5 Å². The van der Waals surface area contributed by atoms with Crippen molar-refractivity contribution in [3.05, 3.63) is 57.5 Å². The molecule has 0 saturated carbocycles. The number of aryl methyl sites for hydroxylation is 1. The van der Waals surface area contributed by atoms with Crippen molar-refractivity contribution in [2.45, 2.75) is 6.92 Å². The van der Waals surface area contributed by atoms with Gasteiger partial charge in [-0.3, -0.25) is 14.9 Å². The summed E-state index contributed by atoms with van der Waals surface area (Å²) in [6.07, 6.45) is 1.22. The number of aromatic hydroxyl groups is 1. The van der Waals surface area contributed by atoms with Gasteiger partial charge in [0.1, 0.15) is 5.76 Å². The molecular formula is C13H11N3O5. The number of hydrazone groups is 1. The van der Waals surface area contributed by atoms with Crippen molar-refractivity contribution >= 4 is 17.8 Å². The Morgan fingerprint density at radius 2 is 2.19 bits per heavy atom. The van der Waals surface area contributed by atoms with Crippen molar-refractivity contribution < 1.29 is 19.2 Å². The molecule has 2 rings (SSSR count). The molecule has 0 aliphatic heterocycles. The first-order valence-electron chi connectivity index (χ1n) is 5.84. The van der Waals surface area contributed by atoms with E-state index in [-0.39, 0.29) is 5.76 Å². The fraction of sp³-hybridized carbons (Fsp3) is 0.0769. The van der Waals surface area contributed by atoms with Crippen molar-refractivity contribution in [1.82, 2.24) is 5.43 Å². The van der Waals surface area contributed by atoms with Gasteiger partial charge < -0.3 is 9.52 Å². The summed E-state index contributed by atoms with van der Waals surface area (Å²) >= 11 is 0. The number of carbonyl (C=O) groups is 1. The number of furan rings is 1. The second-order valence-corrected chi connectivity index (χ2v) is 4.11. The van der Waals surface area contributed by atoms with Crippen LogP contribution in [0.15, 0.2) is 39.9 Å². The molecule has 21 heavy (non-hydrogen) atoms. The van der Waals surface area contributed by atoms with Gasteiger partial charge in [-0.1, -0.05) is 0 Å². The molecule has 0 aliphatic carbocycles. The van der Waals surface area contributed by atoms with E-state index < -0.39 is 22.3 Å². The molecule has 1 aromatic carbocycles. The van der Waals surface area contributed by atoms with Crippen LogP contribution in [0.1, 0.15) is 21.9 Å². The summed E-state index contributed by atoms with van der Waals surface area (Å²) in [6, 6.07) is 6.89. The van der Waals surface area contributed by atoms with Gasteiger partial charge in [0.05, 0.1) is 11.1 Å². The lowest BCUT2D eigenvalue weighted by molar-refractivity contribution is -0.385. The Morgan fingerprint density at radius 3 is 2.81 bits per heavy atom. The number of phenols is 1. The van der Waals surface area contributed by atoms with E-state index in [4.69, 9.17) is 4.42 Å². The molecule has 1 aromatic heterocycles. The van der Waals surface area contributed by atoms with Crippen LogP contribution < -0.4 is 5.43 Å². The van der Waals surface area contributed by atoms with E-state index in [0.29, 0.717) is 11.3 Å². The molecule has 0 atom stereocenters.